The van der Waals surface area contributed by atoms with Gasteiger partial charge in [0.1, 0.15) is 0 Å². The first-order valence-corrected chi connectivity index (χ1v) is 9.85. The molecular weight excluding hydrogens is 395 g/mol. The van der Waals surface area contributed by atoms with Crippen LogP contribution >= 0.6 is 11.6 Å². The van der Waals surface area contributed by atoms with Crippen LogP contribution in [0.5, 0.6) is 0 Å². The van der Waals surface area contributed by atoms with E-state index in [9.17, 15) is 4.39 Å². The van der Waals surface area contributed by atoms with E-state index in [2.05, 4.69) is 20.3 Å². The lowest BCUT2D eigenvalue weighted by molar-refractivity contribution is 0.0920. The number of nitrogens with two attached hydrogens (primary N) is 2. The third-order valence-electron chi connectivity index (χ3n) is 5.69. The highest BCUT2D eigenvalue weighted by Gasteiger charge is 2.39. The molecule has 0 saturated heterocycles. The first-order chi connectivity index (χ1) is 13.8. The molecule has 3 aromatic heterocycles. The summed E-state index contributed by atoms with van der Waals surface area (Å²) in [6.45, 7) is 0. The molecule has 1 fully saturated rings. The van der Waals surface area contributed by atoms with Crippen molar-refractivity contribution in [3.63, 3.8) is 0 Å². The van der Waals surface area contributed by atoms with Crippen LogP contribution in [-0.2, 0) is 0 Å². The summed E-state index contributed by atoms with van der Waals surface area (Å²) < 4.78 is 15.9. The zero-order valence-corrected chi connectivity index (χ0v) is 17.1. The summed E-state index contributed by atoms with van der Waals surface area (Å²) in [4.78, 5) is 14.8. The lowest BCUT2D eigenvalue weighted by Gasteiger charge is -2.46. The molecule has 8 nitrogen and oxygen atoms in total. The van der Waals surface area contributed by atoms with Gasteiger partial charge in [0.2, 0.25) is 0 Å². The van der Waals surface area contributed by atoms with Crippen LogP contribution in [-0.4, -0.2) is 50.3 Å². The molecule has 4 rings (SSSR count). The van der Waals surface area contributed by atoms with Crippen LogP contribution in [0.1, 0.15) is 25.7 Å². The number of nitrogen functional groups attached to an aromatic ring is 1. The Bertz CT molecular complexity index is 1050. The van der Waals surface area contributed by atoms with E-state index in [4.69, 9.17) is 23.2 Å². The van der Waals surface area contributed by atoms with E-state index in [1.807, 2.05) is 19.0 Å². The molecule has 3 heterocycles. The van der Waals surface area contributed by atoms with Crippen LogP contribution in [0.4, 0.5) is 10.2 Å². The largest absolute Gasteiger partial charge is 0.362 e. The van der Waals surface area contributed by atoms with Crippen molar-refractivity contribution in [3.05, 3.63) is 35.5 Å². The molecule has 0 aliphatic heterocycles. The highest BCUT2D eigenvalue weighted by atomic mass is 35.5. The highest BCUT2D eigenvalue weighted by molar-refractivity contribution is 6.31. The SMILES string of the molecule is CN(C)[C@@]1(N)CCCC[C@@H]1Nc1nc(-c2cn(N)c3ncc(Cl)cc23)ncc1F. The minimum atomic E-state index is -0.583. The predicted octanol–water partition coefficient (Wildman–Crippen LogP) is 2.57. The van der Waals surface area contributed by atoms with E-state index in [0.717, 1.165) is 31.9 Å². The van der Waals surface area contributed by atoms with Gasteiger partial charge in [-0.05, 0) is 33.0 Å². The van der Waals surface area contributed by atoms with Gasteiger partial charge in [-0.15, -0.1) is 0 Å². The molecule has 1 aliphatic rings. The number of hydrogen-bond donors (Lipinski definition) is 3. The van der Waals surface area contributed by atoms with Crippen molar-refractivity contribution in [1.82, 2.24) is 24.5 Å². The maximum atomic E-state index is 14.6. The number of anilines is 1. The van der Waals surface area contributed by atoms with E-state index >= 15 is 0 Å². The summed E-state index contributed by atoms with van der Waals surface area (Å²) in [5.41, 5.74) is 7.22. The number of hydrogen-bond acceptors (Lipinski definition) is 7. The Hall–Kier alpha value is -2.49. The van der Waals surface area contributed by atoms with E-state index in [-0.39, 0.29) is 11.9 Å². The molecular formula is C19H24ClFN8. The number of pyridine rings is 1. The highest BCUT2D eigenvalue weighted by Crippen LogP contribution is 2.32. The fourth-order valence-electron chi connectivity index (χ4n) is 3.96. The van der Waals surface area contributed by atoms with Crippen molar-refractivity contribution < 1.29 is 4.39 Å². The maximum absolute atomic E-state index is 14.6. The fourth-order valence-corrected chi connectivity index (χ4v) is 4.12. The molecule has 154 valence electrons. The lowest BCUT2D eigenvalue weighted by atomic mass is 9.84. The van der Waals surface area contributed by atoms with Gasteiger partial charge in [0, 0.05) is 23.3 Å². The van der Waals surface area contributed by atoms with E-state index in [1.165, 1.54) is 10.9 Å². The first-order valence-electron chi connectivity index (χ1n) is 9.47. The molecule has 0 unspecified atom stereocenters. The quantitative estimate of drug-likeness (QED) is 0.441. The summed E-state index contributed by atoms with van der Waals surface area (Å²) in [7, 11) is 3.88. The second-order valence-corrected chi connectivity index (χ2v) is 8.13. The van der Waals surface area contributed by atoms with Crippen LogP contribution in [0.3, 0.4) is 0 Å². The van der Waals surface area contributed by atoms with E-state index < -0.39 is 11.5 Å². The molecule has 0 amide bonds. The van der Waals surface area contributed by atoms with Crippen LogP contribution in [0.2, 0.25) is 5.02 Å². The standard InChI is InChI=1S/C19H24ClFN8/c1-28(2)19(22)6-4-3-5-15(19)26-17-14(21)9-24-16(27-17)13-10-29(23)18-12(13)7-11(20)8-25-18/h7-10,15H,3-6,22-23H2,1-2H3,(H,24,26,27)/t15-,19-/m0/s1. The van der Waals surface area contributed by atoms with Gasteiger partial charge in [-0.1, -0.05) is 24.4 Å². The minimum absolute atomic E-state index is 0.117. The Labute approximate surface area is 173 Å². The van der Waals surface area contributed by atoms with Gasteiger partial charge < -0.3 is 16.9 Å². The number of halogens is 2. The molecule has 29 heavy (non-hydrogen) atoms. The van der Waals surface area contributed by atoms with Crippen LogP contribution < -0.4 is 16.9 Å². The van der Waals surface area contributed by atoms with Crippen molar-refractivity contribution in [2.24, 2.45) is 5.73 Å². The molecule has 2 atom stereocenters. The van der Waals surface area contributed by atoms with Crippen molar-refractivity contribution in [2.75, 3.05) is 25.3 Å². The molecule has 3 aromatic rings. The van der Waals surface area contributed by atoms with Gasteiger partial charge in [0.05, 0.1) is 22.9 Å². The first kappa shape index (κ1) is 19.8. The van der Waals surface area contributed by atoms with Crippen molar-refractivity contribution in [1.29, 1.82) is 0 Å². The topological polar surface area (TPSA) is 111 Å². The van der Waals surface area contributed by atoms with E-state index in [1.54, 1.807) is 12.3 Å². The third kappa shape index (κ3) is 3.50. The number of aromatic nitrogens is 4. The Morgan fingerprint density at radius 2 is 2.10 bits per heavy atom. The average molecular weight is 419 g/mol. The van der Waals surface area contributed by atoms with Gasteiger partial charge in [0.15, 0.2) is 23.1 Å². The monoisotopic (exact) mass is 418 g/mol. The number of nitrogens with zero attached hydrogens (tertiary/aromatic N) is 5. The molecule has 0 radical (unpaired) electrons. The van der Waals surface area contributed by atoms with Gasteiger partial charge >= 0.3 is 0 Å². The number of nitrogens with one attached hydrogen (secondary N) is 1. The molecule has 0 aromatic carbocycles. The Morgan fingerprint density at radius 3 is 2.86 bits per heavy atom. The summed E-state index contributed by atoms with van der Waals surface area (Å²) in [6, 6.07) is 1.59. The molecule has 10 heteroatoms. The number of rotatable bonds is 4. The van der Waals surface area contributed by atoms with Crippen molar-refractivity contribution in [3.8, 4) is 11.4 Å². The molecule has 0 bridgehead atoms. The van der Waals surface area contributed by atoms with Gasteiger partial charge in [-0.25, -0.2) is 19.3 Å². The van der Waals surface area contributed by atoms with Gasteiger partial charge in [0.25, 0.3) is 0 Å². The van der Waals surface area contributed by atoms with Gasteiger partial charge in [-0.2, -0.15) is 0 Å². The van der Waals surface area contributed by atoms with Crippen molar-refractivity contribution >= 4 is 28.5 Å². The van der Waals surface area contributed by atoms with Crippen molar-refractivity contribution in [2.45, 2.75) is 37.4 Å². The Kier molecular flexibility index (Phi) is 5.05. The summed E-state index contributed by atoms with van der Waals surface area (Å²) in [5, 5.41) is 4.38. The zero-order valence-electron chi connectivity index (χ0n) is 16.4. The number of fused-ring (bicyclic) bond motifs is 1. The van der Waals surface area contributed by atoms with Crippen LogP contribution in [0.25, 0.3) is 22.4 Å². The van der Waals surface area contributed by atoms with E-state index in [0.29, 0.717) is 27.4 Å². The summed E-state index contributed by atoms with van der Waals surface area (Å²) in [6.07, 6.45) is 8.03. The van der Waals surface area contributed by atoms with Crippen LogP contribution in [0, 0.1) is 5.82 Å². The second kappa shape index (κ2) is 7.40. The smallest absolute Gasteiger partial charge is 0.183 e. The predicted molar refractivity (Wildman–Crippen MR) is 112 cm³/mol. The Balaban J connectivity index is 1.73. The third-order valence-corrected chi connectivity index (χ3v) is 5.89. The minimum Gasteiger partial charge on any atom is -0.362 e. The zero-order chi connectivity index (χ0) is 20.8. The molecule has 0 spiro atoms. The summed E-state index contributed by atoms with van der Waals surface area (Å²) in [5.74, 6) is 5.91. The maximum Gasteiger partial charge on any atom is 0.183 e. The fraction of sp³-hybridized carbons (Fsp3) is 0.421. The Morgan fingerprint density at radius 1 is 1.31 bits per heavy atom. The lowest BCUT2D eigenvalue weighted by Crippen LogP contribution is -2.64. The molecule has 1 aliphatic carbocycles. The normalized spacial score (nSPS) is 22.3. The second-order valence-electron chi connectivity index (χ2n) is 7.69. The molecule has 5 N–H and O–H groups in total. The van der Waals surface area contributed by atoms with Crippen LogP contribution in [0.15, 0.2) is 24.7 Å². The van der Waals surface area contributed by atoms with Gasteiger partial charge in [-0.3, -0.25) is 9.58 Å². The summed E-state index contributed by atoms with van der Waals surface area (Å²) >= 11 is 6.09. The average Bonchev–Trinajstić information content (AvgIpc) is 3.01. The number of likely N-dealkylation sites (N-methyl/N-ethyl adjacent to an activating group) is 1. The molecule has 1 saturated carbocycles.